The van der Waals surface area contributed by atoms with Crippen LogP contribution in [-0.4, -0.2) is 27.5 Å². The molecule has 2 aromatic rings. The summed E-state index contributed by atoms with van der Waals surface area (Å²) in [6, 6.07) is 0. The van der Waals surface area contributed by atoms with Gasteiger partial charge in [0.05, 0.1) is 18.3 Å². The van der Waals surface area contributed by atoms with E-state index in [9.17, 15) is 4.79 Å². The summed E-state index contributed by atoms with van der Waals surface area (Å²) in [7, 11) is 0. The van der Waals surface area contributed by atoms with Crippen molar-refractivity contribution >= 4 is 27.7 Å². The zero-order valence-electron chi connectivity index (χ0n) is 7.43. The van der Waals surface area contributed by atoms with Crippen molar-refractivity contribution in [1.29, 1.82) is 0 Å². The van der Waals surface area contributed by atoms with Crippen LogP contribution < -0.4 is 0 Å². The lowest BCUT2D eigenvalue weighted by Crippen LogP contribution is -2.08. The normalized spacial score (nSPS) is 10.4. The summed E-state index contributed by atoms with van der Waals surface area (Å²) in [6.07, 6.45) is 1.52. The van der Waals surface area contributed by atoms with Gasteiger partial charge in [0.2, 0.25) is 5.82 Å². The zero-order chi connectivity index (χ0) is 9.97. The number of carbonyl (C=O) groups excluding carboxylic acids is 1. The fourth-order valence-electron chi connectivity index (χ4n) is 0.962. The number of fused-ring (bicyclic) bond motifs is 1. The molecule has 0 spiro atoms. The summed E-state index contributed by atoms with van der Waals surface area (Å²) in [4.78, 5) is 23.8. The lowest BCUT2D eigenvalue weighted by atomic mass is 10.5. The number of hydrogen-bond donors (Lipinski definition) is 0. The van der Waals surface area contributed by atoms with Gasteiger partial charge in [-0.1, -0.05) is 0 Å². The highest BCUT2D eigenvalue weighted by Crippen LogP contribution is 2.13. The van der Waals surface area contributed by atoms with Crippen LogP contribution >= 0.6 is 11.3 Å². The topological polar surface area (TPSA) is 65.0 Å². The van der Waals surface area contributed by atoms with Gasteiger partial charge in [0.25, 0.3) is 0 Å². The summed E-state index contributed by atoms with van der Waals surface area (Å²) < 4.78 is 4.77. The van der Waals surface area contributed by atoms with Crippen molar-refractivity contribution in [2.24, 2.45) is 0 Å². The first kappa shape index (κ1) is 9.01. The van der Waals surface area contributed by atoms with E-state index in [4.69, 9.17) is 4.74 Å². The molecular weight excluding hydrogens is 202 g/mol. The zero-order valence-corrected chi connectivity index (χ0v) is 8.24. The molecule has 5 nitrogen and oxygen atoms in total. The molecule has 72 valence electrons. The Kier molecular flexibility index (Phi) is 2.36. The number of ether oxygens (including phenoxy) is 1. The van der Waals surface area contributed by atoms with Crippen molar-refractivity contribution in [3.8, 4) is 0 Å². The second-order valence-corrected chi connectivity index (χ2v) is 3.29. The molecule has 0 fully saturated rings. The van der Waals surface area contributed by atoms with Crippen LogP contribution in [0.1, 0.15) is 17.5 Å². The molecule has 14 heavy (non-hydrogen) atoms. The van der Waals surface area contributed by atoms with Gasteiger partial charge in [0.1, 0.15) is 10.3 Å². The maximum atomic E-state index is 11.2. The highest BCUT2D eigenvalue weighted by Gasteiger charge is 2.11. The predicted octanol–water partition coefficient (Wildman–Crippen LogP) is 1.26. The third-order valence-corrected chi connectivity index (χ3v) is 2.28. The van der Waals surface area contributed by atoms with Gasteiger partial charge in [0.15, 0.2) is 0 Å². The maximum Gasteiger partial charge on any atom is 0.376 e. The summed E-state index contributed by atoms with van der Waals surface area (Å²) >= 11 is 1.37. The van der Waals surface area contributed by atoms with E-state index < -0.39 is 5.97 Å². The van der Waals surface area contributed by atoms with Gasteiger partial charge < -0.3 is 4.74 Å². The van der Waals surface area contributed by atoms with Gasteiger partial charge in [0, 0.05) is 0 Å². The molecule has 0 unspecified atom stereocenters. The molecule has 2 aromatic heterocycles. The number of rotatable bonds is 2. The molecule has 6 heteroatoms. The molecule has 0 bridgehead atoms. The molecule has 0 atom stereocenters. The number of nitrogens with zero attached hydrogens (tertiary/aromatic N) is 3. The average molecular weight is 209 g/mol. The van der Waals surface area contributed by atoms with Crippen molar-refractivity contribution in [3.63, 3.8) is 0 Å². The Morgan fingerprint density at radius 1 is 1.57 bits per heavy atom. The van der Waals surface area contributed by atoms with Crippen LogP contribution in [0.4, 0.5) is 0 Å². The van der Waals surface area contributed by atoms with Gasteiger partial charge >= 0.3 is 5.97 Å². The standard InChI is InChI=1S/C8H7N3O2S/c1-2-13-8(12)6-9-3-5-7(11-6)14-4-10-5/h3-4H,2H2,1H3. The van der Waals surface area contributed by atoms with Crippen LogP contribution in [0.2, 0.25) is 0 Å². The van der Waals surface area contributed by atoms with Crippen LogP contribution in [0, 0.1) is 0 Å². The van der Waals surface area contributed by atoms with Crippen LogP contribution in [0.15, 0.2) is 11.7 Å². The lowest BCUT2D eigenvalue weighted by molar-refractivity contribution is 0.0512. The van der Waals surface area contributed by atoms with Gasteiger partial charge in [-0.05, 0) is 6.92 Å². The van der Waals surface area contributed by atoms with Gasteiger partial charge in [-0.3, -0.25) is 0 Å². The van der Waals surface area contributed by atoms with Crippen molar-refractivity contribution in [2.75, 3.05) is 6.61 Å². The van der Waals surface area contributed by atoms with E-state index in [0.29, 0.717) is 17.0 Å². The molecule has 0 aromatic carbocycles. The smallest absolute Gasteiger partial charge is 0.376 e. The number of aromatic nitrogens is 3. The molecule has 0 radical (unpaired) electrons. The number of esters is 1. The second kappa shape index (κ2) is 3.67. The van der Waals surface area contributed by atoms with Crippen LogP contribution in [0.5, 0.6) is 0 Å². The first-order valence-corrected chi connectivity index (χ1v) is 4.92. The third kappa shape index (κ3) is 1.56. The summed E-state index contributed by atoms with van der Waals surface area (Å²) in [6.45, 7) is 2.06. The molecule has 0 saturated carbocycles. The minimum Gasteiger partial charge on any atom is -0.460 e. The lowest BCUT2D eigenvalue weighted by Gasteiger charge is -1.98. The Morgan fingerprint density at radius 2 is 2.43 bits per heavy atom. The van der Waals surface area contributed by atoms with Gasteiger partial charge in [-0.15, -0.1) is 11.3 Å². The van der Waals surface area contributed by atoms with E-state index in [2.05, 4.69) is 15.0 Å². The highest BCUT2D eigenvalue weighted by molar-refractivity contribution is 7.16. The Balaban J connectivity index is 2.38. The highest BCUT2D eigenvalue weighted by atomic mass is 32.1. The Hall–Kier alpha value is -1.56. The van der Waals surface area contributed by atoms with E-state index in [1.54, 1.807) is 12.4 Å². The average Bonchev–Trinajstić information content (AvgIpc) is 2.64. The van der Waals surface area contributed by atoms with Crippen molar-refractivity contribution in [2.45, 2.75) is 6.92 Å². The van der Waals surface area contributed by atoms with Crippen molar-refractivity contribution in [1.82, 2.24) is 15.0 Å². The molecule has 0 amide bonds. The quantitative estimate of drug-likeness (QED) is 0.697. The Bertz CT molecular complexity index is 468. The summed E-state index contributed by atoms with van der Waals surface area (Å²) in [5.41, 5.74) is 2.36. The molecular formula is C8H7N3O2S. The number of hydrogen-bond acceptors (Lipinski definition) is 6. The summed E-state index contributed by atoms with van der Waals surface area (Å²) in [5.74, 6) is -0.411. The van der Waals surface area contributed by atoms with E-state index in [-0.39, 0.29) is 5.82 Å². The van der Waals surface area contributed by atoms with E-state index >= 15 is 0 Å². The van der Waals surface area contributed by atoms with Crippen LogP contribution in [-0.2, 0) is 4.74 Å². The Morgan fingerprint density at radius 3 is 3.21 bits per heavy atom. The monoisotopic (exact) mass is 209 g/mol. The first-order chi connectivity index (χ1) is 6.81. The van der Waals surface area contributed by atoms with Gasteiger partial charge in [-0.2, -0.15) is 0 Å². The fraction of sp³-hybridized carbons (Fsp3) is 0.250. The third-order valence-electron chi connectivity index (χ3n) is 1.55. The Labute approximate surface area is 83.8 Å². The number of thiazole rings is 1. The van der Waals surface area contributed by atoms with Crippen molar-refractivity contribution < 1.29 is 9.53 Å². The van der Waals surface area contributed by atoms with E-state index in [1.807, 2.05) is 0 Å². The first-order valence-electron chi connectivity index (χ1n) is 4.04. The number of carbonyl (C=O) groups is 1. The van der Waals surface area contributed by atoms with Crippen LogP contribution in [0.3, 0.4) is 0 Å². The van der Waals surface area contributed by atoms with E-state index in [1.165, 1.54) is 17.5 Å². The fourth-order valence-corrected chi connectivity index (χ4v) is 1.59. The van der Waals surface area contributed by atoms with Crippen LogP contribution in [0.25, 0.3) is 10.3 Å². The minimum absolute atomic E-state index is 0.0867. The van der Waals surface area contributed by atoms with E-state index in [0.717, 1.165) is 0 Å². The molecule has 0 aliphatic rings. The van der Waals surface area contributed by atoms with Gasteiger partial charge in [-0.25, -0.2) is 19.7 Å². The predicted molar refractivity (Wildman–Crippen MR) is 51.2 cm³/mol. The molecule has 0 N–H and O–H groups in total. The SMILES string of the molecule is CCOC(=O)c1ncc2ncsc2n1. The van der Waals surface area contributed by atoms with Crippen molar-refractivity contribution in [3.05, 3.63) is 17.5 Å². The molecule has 2 rings (SSSR count). The maximum absolute atomic E-state index is 11.2. The minimum atomic E-state index is -0.497. The largest absolute Gasteiger partial charge is 0.460 e. The molecule has 0 aliphatic heterocycles. The molecule has 2 heterocycles. The summed E-state index contributed by atoms with van der Waals surface area (Å²) in [5, 5.41) is 0. The molecule has 0 aliphatic carbocycles. The second-order valence-electron chi connectivity index (χ2n) is 2.46. The molecule has 0 saturated heterocycles.